The summed E-state index contributed by atoms with van der Waals surface area (Å²) in [5.74, 6) is 1.07. The number of hydrogen-bond acceptors (Lipinski definition) is 4. The van der Waals surface area contributed by atoms with Gasteiger partial charge in [0.2, 0.25) is 5.91 Å². The maximum atomic E-state index is 11.8. The highest BCUT2D eigenvalue weighted by Crippen LogP contribution is 2.35. The highest BCUT2D eigenvalue weighted by Gasteiger charge is 2.40. The largest absolute Gasteiger partial charge is 0.497 e. The fraction of sp³-hybridized carbons (Fsp3) is 0.632. The van der Waals surface area contributed by atoms with Gasteiger partial charge in [-0.25, -0.2) is 0 Å². The molecule has 0 spiro atoms. The van der Waals surface area contributed by atoms with Crippen LogP contribution in [-0.2, 0) is 10.4 Å². The van der Waals surface area contributed by atoms with E-state index in [1.165, 1.54) is 0 Å². The minimum Gasteiger partial charge on any atom is -0.497 e. The fourth-order valence-electron chi connectivity index (χ4n) is 4.04. The number of methoxy groups -OCH3 is 1. The normalized spacial score (nSPS) is 24.4. The first-order chi connectivity index (χ1) is 11.5. The molecule has 2 aliphatic rings. The monoisotopic (exact) mass is 332 g/mol. The summed E-state index contributed by atoms with van der Waals surface area (Å²) in [6.07, 6.45) is 3.73. The summed E-state index contributed by atoms with van der Waals surface area (Å²) in [7, 11) is 1.64. The van der Waals surface area contributed by atoms with E-state index in [1.54, 1.807) is 7.11 Å². The van der Waals surface area contributed by atoms with Crippen molar-refractivity contribution in [2.24, 2.45) is 0 Å². The van der Waals surface area contributed by atoms with Gasteiger partial charge in [-0.3, -0.25) is 9.69 Å². The maximum Gasteiger partial charge on any atom is 0.222 e. The number of likely N-dealkylation sites (tertiary alicyclic amines) is 2. The molecule has 5 heteroatoms. The van der Waals surface area contributed by atoms with Crippen molar-refractivity contribution in [2.75, 3.05) is 33.3 Å². The molecule has 0 aromatic heterocycles. The first kappa shape index (κ1) is 17.2. The van der Waals surface area contributed by atoms with Crippen LogP contribution in [0.3, 0.4) is 0 Å². The van der Waals surface area contributed by atoms with Crippen molar-refractivity contribution in [1.29, 1.82) is 0 Å². The second-order valence-electron chi connectivity index (χ2n) is 7.05. The molecule has 5 nitrogen and oxygen atoms in total. The van der Waals surface area contributed by atoms with Crippen LogP contribution >= 0.6 is 0 Å². The van der Waals surface area contributed by atoms with Gasteiger partial charge in [0, 0.05) is 32.1 Å². The van der Waals surface area contributed by atoms with Crippen LogP contribution in [-0.4, -0.2) is 60.1 Å². The molecule has 2 aliphatic heterocycles. The zero-order valence-electron chi connectivity index (χ0n) is 14.7. The van der Waals surface area contributed by atoms with Crippen LogP contribution in [0.15, 0.2) is 24.3 Å². The molecule has 132 valence electrons. The minimum absolute atomic E-state index is 0.0867. The second-order valence-corrected chi connectivity index (χ2v) is 7.05. The van der Waals surface area contributed by atoms with Crippen molar-refractivity contribution >= 4 is 5.91 Å². The van der Waals surface area contributed by atoms with Crippen molar-refractivity contribution in [3.63, 3.8) is 0 Å². The Morgan fingerprint density at radius 1 is 1.21 bits per heavy atom. The van der Waals surface area contributed by atoms with Gasteiger partial charge in [0.25, 0.3) is 0 Å². The topological polar surface area (TPSA) is 53.0 Å². The molecule has 1 aromatic rings. The Morgan fingerprint density at radius 3 is 2.58 bits per heavy atom. The quantitative estimate of drug-likeness (QED) is 0.866. The highest BCUT2D eigenvalue weighted by atomic mass is 16.5. The van der Waals surface area contributed by atoms with E-state index in [0.29, 0.717) is 6.42 Å². The Bertz CT molecular complexity index is 570. The molecule has 0 aliphatic carbocycles. The molecule has 3 rings (SSSR count). The van der Waals surface area contributed by atoms with E-state index in [0.717, 1.165) is 56.8 Å². The zero-order valence-corrected chi connectivity index (χ0v) is 14.7. The van der Waals surface area contributed by atoms with Crippen LogP contribution in [0.5, 0.6) is 5.75 Å². The third kappa shape index (κ3) is 3.42. The molecule has 2 fully saturated rings. The Kier molecular flexibility index (Phi) is 5.11. The first-order valence-corrected chi connectivity index (χ1v) is 8.91. The van der Waals surface area contributed by atoms with Crippen LogP contribution in [0.1, 0.15) is 38.2 Å². The molecule has 1 aromatic carbocycles. The average molecular weight is 332 g/mol. The Morgan fingerprint density at radius 2 is 1.96 bits per heavy atom. The molecule has 2 saturated heterocycles. The van der Waals surface area contributed by atoms with Gasteiger partial charge in [-0.05, 0) is 50.4 Å². The highest BCUT2D eigenvalue weighted by molar-refractivity contribution is 5.78. The molecular weight excluding hydrogens is 304 g/mol. The van der Waals surface area contributed by atoms with Gasteiger partial charge in [-0.15, -0.1) is 0 Å². The summed E-state index contributed by atoms with van der Waals surface area (Å²) in [4.78, 5) is 16.1. The first-order valence-electron chi connectivity index (χ1n) is 8.91. The lowest BCUT2D eigenvalue weighted by Crippen LogP contribution is -2.48. The van der Waals surface area contributed by atoms with E-state index in [-0.39, 0.29) is 11.9 Å². The summed E-state index contributed by atoms with van der Waals surface area (Å²) >= 11 is 0. The summed E-state index contributed by atoms with van der Waals surface area (Å²) in [5.41, 5.74) is 0.00933. The molecule has 1 amide bonds. The number of carbonyl (C=O) groups is 1. The van der Waals surface area contributed by atoms with E-state index in [9.17, 15) is 9.90 Å². The second kappa shape index (κ2) is 7.11. The van der Waals surface area contributed by atoms with Gasteiger partial charge in [0.1, 0.15) is 11.4 Å². The van der Waals surface area contributed by atoms with Crippen molar-refractivity contribution in [2.45, 2.75) is 44.2 Å². The maximum absolute atomic E-state index is 11.8. The van der Waals surface area contributed by atoms with Gasteiger partial charge in [-0.1, -0.05) is 12.1 Å². The van der Waals surface area contributed by atoms with Gasteiger partial charge in [-0.2, -0.15) is 0 Å². The molecule has 0 unspecified atom stereocenters. The third-order valence-corrected chi connectivity index (χ3v) is 5.52. The van der Waals surface area contributed by atoms with E-state index in [2.05, 4.69) is 4.90 Å². The Labute approximate surface area is 144 Å². The van der Waals surface area contributed by atoms with Gasteiger partial charge in [0.15, 0.2) is 0 Å². The predicted octanol–water partition coefficient (Wildman–Crippen LogP) is 1.99. The smallest absolute Gasteiger partial charge is 0.222 e. The summed E-state index contributed by atoms with van der Waals surface area (Å²) < 4.78 is 5.20. The van der Waals surface area contributed by atoms with E-state index >= 15 is 0 Å². The van der Waals surface area contributed by atoms with Crippen LogP contribution < -0.4 is 4.74 Å². The molecule has 1 N–H and O–H groups in total. The molecule has 0 bridgehead atoms. The van der Waals surface area contributed by atoms with Gasteiger partial charge in [0.05, 0.1) is 7.11 Å². The fourth-order valence-corrected chi connectivity index (χ4v) is 4.04. The zero-order chi connectivity index (χ0) is 17.2. The van der Waals surface area contributed by atoms with Crippen molar-refractivity contribution in [3.05, 3.63) is 29.8 Å². The van der Waals surface area contributed by atoms with E-state index < -0.39 is 5.60 Å². The number of nitrogens with zero attached hydrogens (tertiary/aromatic N) is 2. The van der Waals surface area contributed by atoms with Crippen molar-refractivity contribution < 1.29 is 14.6 Å². The van der Waals surface area contributed by atoms with Crippen LogP contribution in [0.4, 0.5) is 0 Å². The lowest BCUT2D eigenvalue weighted by Gasteiger charge is -2.37. The molecule has 24 heavy (non-hydrogen) atoms. The number of hydrogen-bond donors (Lipinski definition) is 1. The third-order valence-electron chi connectivity index (χ3n) is 5.52. The number of ether oxygens (including phenoxy) is 1. The number of aliphatic hydroxyl groups is 1. The number of benzene rings is 1. The summed E-state index contributed by atoms with van der Waals surface area (Å²) in [6.45, 7) is 5.38. The van der Waals surface area contributed by atoms with E-state index in [1.807, 2.05) is 36.1 Å². The lowest BCUT2D eigenvalue weighted by molar-refractivity contribution is -0.128. The molecule has 2 heterocycles. The molecule has 2 atom stereocenters. The number of amides is 1. The standard InChI is InChI=1S/C19H28N2O3/c1-19(23,15-7-9-16(24-2)10-8-15)17-5-3-11-20(17)13-14-21-12-4-6-18(21)22/h7-10,17,23H,3-6,11-14H2,1-2H3/t17-,19+/m1/s1. The predicted molar refractivity (Wildman–Crippen MR) is 93.0 cm³/mol. The van der Waals surface area contributed by atoms with Gasteiger partial charge >= 0.3 is 0 Å². The minimum atomic E-state index is -0.905. The molecule has 0 saturated carbocycles. The number of carbonyl (C=O) groups excluding carboxylic acids is 1. The van der Waals surface area contributed by atoms with Crippen LogP contribution in [0.25, 0.3) is 0 Å². The Balaban J connectivity index is 1.67. The van der Waals surface area contributed by atoms with Crippen molar-refractivity contribution in [1.82, 2.24) is 9.80 Å². The summed E-state index contributed by atoms with van der Waals surface area (Å²) in [5, 5.41) is 11.2. The van der Waals surface area contributed by atoms with Gasteiger partial charge < -0.3 is 14.7 Å². The SMILES string of the molecule is COc1ccc([C@](C)(O)[C@H]2CCCN2CCN2CCCC2=O)cc1. The average Bonchev–Trinajstić information content (AvgIpc) is 3.22. The Hall–Kier alpha value is -1.59. The lowest BCUT2D eigenvalue weighted by atomic mass is 9.86. The van der Waals surface area contributed by atoms with Crippen LogP contribution in [0, 0.1) is 0 Å². The number of rotatable bonds is 6. The van der Waals surface area contributed by atoms with Crippen molar-refractivity contribution in [3.8, 4) is 5.75 Å². The summed E-state index contributed by atoms with van der Waals surface area (Å²) in [6, 6.07) is 7.76. The molecular formula is C19H28N2O3. The van der Waals surface area contributed by atoms with Crippen LogP contribution in [0.2, 0.25) is 0 Å². The van der Waals surface area contributed by atoms with E-state index in [4.69, 9.17) is 4.74 Å². The molecule has 0 radical (unpaired) electrons.